The zero-order valence-electron chi connectivity index (χ0n) is 7.55. The van der Waals surface area contributed by atoms with Gasteiger partial charge >= 0.3 is 0 Å². The first-order chi connectivity index (χ1) is 6.25. The van der Waals surface area contributed by atoms with Gasteiger partial charge in [-0.25, -0.2) is 4.39 Å². The van der Waals surface area contributed by atoms with Crippen molar-refractivity contribution in [3.8, 4) is 0 Å². The van der Waals surface area contributed by atoms with Gasteiger partial charge in [0.1, 0.15) is 5.83 Å². The summed E-state index contributed by atoms with van der Waals surface area (Å²) in [6.07, 6.45) is 11.9. The summed E-state index contributed by atoms with van der Waals surface area (Å²) in [6.45, 7) is 2.06. The predicted molar refractivity (Wildman–Crippen MR) is 52.9 cm³/mol. The lowest BCUT2D eigenvalue weighted by molar-refractivity contribution is 0.659. The third kappa shape index (κ3) is 1.69. The Bertz CT molecular complexity index is 376. The summed E-state index contributed by atoms with van der Waals surface area (Å²) in [5, 5.41) is 0. The third-order valence-electron chi connectivity index (χ3n) is 2.24. The molecule has 2 aliphatic rings. The van der Waals surface area contributed by atoms with Gasteiger partial charge in [-0.3, -0.25) is 0 Å². The molecule has 0 saturated heterocycles. The molecule has 2 rings (SSSR count). The summed E-state index contributed by atoms with van der Waals surface area (Å²) >= 11 is 0. The Morgan fingerprint density at radius 2 is 2.00 bits per heavy atom. The average Bonchev–Trinajstić information content (AvgIpc) is 2.53. The molecule has 0 unspecified atom stereocenters. The van der Waals surface area contributed by atoms with Gasteiger partial charge in [0, 0.05) is 0 Å². The van der Waals surface area contributed by atoms with Gasteiger partial charge in [-0.15, -0.1) is 0 Å². The van der Waals surface area contributed by atoms with Gasteiger partial charge < -0.3 is 0 Å². The Kier molecular flexibility index (Phi) is 2.01. The molecule has 0 fully saturated rings. The van der Waals surface area contributed by atoms with Crippen LogP contribution in [0.3, 0.4) is 0 Å². The van der Waals surface area contributed by atoms with Crippen molar-refractivity contribution in [1.82, 2.24) is 0 Å². The lowest BCUT2D eigenvalue weighted by atomic mass is 10.0. The van der Waals surface area contributed by atoms with Gasteiger partial charge in [0.25, 0.3) is 0 Å². The fourth-order valence-electron chi connectivity index (χ4n) is 1.50. The molecule has 0 spiro atoms. The molecule has 0 nitrogen and oxygen atoms in total. The lowest BCUT2D eigenvalue weighted by Gasteiger charge is -2.05. The summed E-state index contributed by atoms with van der Waals surface area (Å²) < 4.78 is 12.6. The van der Waals surface area contributed by atoms with Crippen LogP contribution >= 0.6 is 0 Å². The van der Waals surface area contributed by atoms with Crippen molar-refractivity contribution in [3.63, 3.8) is 0 Å². The second kappa shape index (κ2) is 3.17. The molecular weight excluding hydrogens is 163 g/mol. The van der Waals surface area contributed by atoms with Crippen LogP contribution in [-0.2, 0) is 0 Å². The maximum atomic E-state index is 12.6. The van der Waals surface area contributed by atoms with Crippen molar-refractivity contribution in [3.05, 3.63) is 59.0 Å². The molecule has 0 saturated carbocycles. The quantitative estimate of drug-likeness (QED) is 0.526. The van der Waals surface area contributed by atoms with E-state index in [-0.39, 0.29) is 5.83 Å². The average molecular weight is 174 g/mol. The van der Waals surface area contributed by atoms with Crippen LogP contribution in [0.2, 0.25) is 0 Å². The number of rotatable bonds is 0. The van der Waals surface area contributed by atoms with Crippen LogP contribution in [0.4, 0.5) is 4.39 Å². The van der Waals surface area contributed by atoms with Gasteiger partial charge in [0.05, 0.1) is 0 Å². The second-order valence-corrected chi connectivity index (χ2v) is 3.33. The highest BCUT2D eigenvalue weighted by Crippen LogP contribution is 2.25. The van der Waals surface area contributed by atoms with Crippen LogP contribution in [0.25, 0.3) is 0 Å². The van der Waals surface area contributed by atoms with Crippen LogP contribution in [0.1, 0.15) is 13.3 Å². The normalized spacial score (nSPS) is 26.3. The molecule has 13 heavy (non-hydrogen) atoms. The standard InChI is InChI=1S/C12H11F/c1-9-2-3-11(8-9)10-4-6-12(13)7-5-10/h2-4,6-8H,5H2,1H3. The van der Waals surface area contributed by atoms with Crippen molar-refractivity contribution in [1.29, 1.82) is 0 Å². The van der Waals surface area contributed by atoms with E-state index in [1.165, 1.54) is 22.8 Å². The molecule has 0 aromatic heterocycles. The Morgan fingerprint density at radius 1 is 1.15 bits per heavy atom. The molecule has 1 heteroatoms. The van der Waals surface area contributed by atoms with Crippen molar-refractivity contribution >= 4 is 0 Å². The smallest absolute Gasteiger partial charge is 0.119 e. The van der Waals surface area contributed by atoms with E-state index in [2.05, 4.69) is 25.2 Å². The highest BCUT2D eigenvalue weighted by atomic mass is 19.1. The van der Waals surface area contributed by atoms with Gasteiger partial charge in [-0.2, -0.15) is 0 Å². The molecule has 0 atom stereocenters. The van der Waals surface area contributed by atoms with Gasteiger partial charge in [0.15, 0.2) is 0 Å². The zero-order chi connectivity index (χ0) is 9.26. The van der Waals surface area contributed by atoms with E-state index >= 15 is 0 Å². The molecule has 0 heterocycles. The predicted octanol–water partition coefficient (Wildman–Crippen LogP) is 3.61. The Morgan fingerprint density at radius 3 is 2.54 bits per heavy atom. The number of hydrogen-bond acceptors (Lipinski definition) is 0. The Hall–Kier alpha value is -1.37. The van der Waals surface area contributed by atoms with E-state index in [1.807, 2.05) is 6.08 Å². The first kappa shape index (κ1) is 8.24. The largest absolute Gasteiger partial charge is 0.207 e. The summed E-state index contributed by atoms with van der Waals surface area (Å²) in [7, 11) is 0. The highest BCUT2D eigenvalue weighted by molar-refractivity contribution is 5.52. The molecule has 0 aromatic rings. The van der Waals surface area contributed by atoms with E-state index < -0.39 is 0 Å². The van der Waals surface area contributed by atoms with E-state index in [1.54, 1.807) is 6.08 Å². The minimum Gasteiger partial charge on any atom is -0.207 e. The molecule has 0 bridgehead atoms. The van der Waals surface area contributed by atoms with Crippen molar-refractivity contribution < 1.29 is 4.39 Å². The monoisotopic (exact) mass is 174 g/mol. The number of allylic oxidation sites excluding steroid dienone is 10. The zero-order valence-corrected chi connectivity index (χ0v) is 7.55. The summed E-state index contributed by atoms with van der Waals surface area (Å²) in [5.74, 6) is -0.132. The molecule has 66 valence electrons. The fourth-order valence-corrected chi connectivity index (χ4v) is 1.50. The molecule has 0 aromatic carbocycles. The van der Waals surface area contributed by atoms with Crippen molar-refractivity contribution in [2.24, 2.45) is 0 Å². The Balaban J connectivity index is 2.30. The Labute approximate surface area is 77.5 Å². The molecule has 0 amide bonds. The van der Waals surface area contributed by atoms with Crippen LogP contribution < -0.4 is 0 Å². The first-order valence-corrected chi connectivity index (χ1v) is 4.39. The summed E-state index contributed by atoms with van der Waals surface area (Å²) in [6, 6.07) is 0. The number of halogens is 1. The molecule has 2 aliphatic carbocycles. The second-order valence-electron chi connectivity index (χ2n) is 3.33. The van der Waals surface area contributed by atoms with Gasteiger partial charge in [0.2, 0.25) is 0 Å². The number of hydrogen-bond donors (Lipinski definition) is 0. The van der Waals surface area contributed by atoms with Crippen molar-refractivity contribution in [2.75, 3.05) is 0 Å². The maximum absolute atomic E-state index is 12.6. The third-order valence-corrected chi connectivity index (χ3v) is 2.24. The lowest BCUT2D eigenvalue weighted by Crippen LogP contribution is -1.87. The van der Waals surface area contributed by atoms with Gasteiger partial charge in [-0.1, -0.05) is 29.9 Å². The summed E-state index contributed by atoms with van der Waals surface area (Å²) in [4.78, 5) is 0. The van der Waals surface area contributed by atoms with Crippen LogP contribution in [-0.4, -0.2) is 0 Å². The fraction of sp³-hybridized carbons (Fsp3) is 0.167. The molecule has 0 N–H and O–H groups in total. The van der Waals surface area contributed by atoms with Crippen LogP contribution in [0.15, 0.2) is 59.0 Å². The van der Waals surface area contributed by atoms with E-state index in [0.29, 0.717) is 6.42 Å². The first-order valence-electron chi connectivity index (χ1n) is 4.39. The van der Waals surface area contributed by atoms with E-state index in [4.69, 9.17) is 0 Å². The maximum Gasteiger partial charge on any atom is 0.119 e. The highest BCUT2D eigenvalue weighted by Gasteiger charge is 2.06. The van der Waals surface area contributed by atoms with E-state index in [0.717, 1.165) is 0 Å². The molecule has 0 radical (unpaired) electrons. The minimum absolute atomic E-state index is 0.132. The van der Waals surface area contributed by atoms with Crippen molar-refractivity contribution in [2.45, 2.75) is 13.3 Å². The molecule has 0 aliphatic heterocycles. The SMILES string of the molecule is CC1=CC(=C2C=CC(F)=CC2)C=C1. The summed E-state index contributed by atoms with van der Waals surface area (Å²) in [5.41, 5.74) is 3.65. The van der Waals surface area contributed by atoms with Gasteiger partial charge in [-0.05, 0) is 36.6 Å². The van der Waals surface area contributed by atoms with Crippen LogP contribution in [0, 0.1) is 0 Å². The molecular formula is C12H11F. The topological polar surface area (TPSA) is 0 Å². The van der Waals surface area contributed by atoms with E-state index in [9.17, 15) is 4.39 Å². The van der Waals surface area contributed by atoms with Crippen LogP contribution in [0.5, 0.6) is 0 Å². The minimum atomic E-state index is -0.132.